The molecule has 0 aliphatic carbocycles. The van der Waals surface area contributed by atoms with E-state index in [1.807, 2.05) is 30.3 Å². The number of thioether (sulfide) groups is 1. The number of aliphatic hydroxyl groups is 1. The molecule has 1 atom stereocenters. The Hall–Kier alpha value is -2.38. The van der Waals surface area contributed by atoms with Crippen molar-refractivity contribution in [2.24, 2.45) is 5.92 Å². The Bertz CT molecular complexity index is 993. The summed E-state index contributed by atoms with van der Waals surface area (Å²) in [7, 11) is 0. The fraction of sp³-hybridized carbons (Fsp3) is 0.381. The first-order valence-electron chi connectivity index (χ1n) is 9.60. The number of H-pyrrole nitrogens is 1. The molecule has 0 bridgehead atoms. The normalized spacial score (nSPS) is 17.2. The van der Waals surface area contributed by atoms with Gasteiger partial charge in [-0.25, -0.2) is 9.97 Å². The third-order valence-electron chi connectivity index (χ3n) is 5.06. The van der Waals surface area contributed by atoms with Crippen molar-refractivity contribution in [2.45, 2.75) is 24.3 Å². The monoisotopic (exact) mass is 396 g/mol. The van der Waals surface area contributed by atoms with Crippen molar-refractivity contribution in [3.05, 3.63) is 64.1 Å². The number of nitrogens with zero attached hydrogens (tertiary/aromatic N) is 3. The minimum atomic E-state index is -0.152. The number of pyridine rings is 1. The van der Waals surface area contributed by atoms with E-state index in [0.717, 1.165) is 37.5 Å². The van der Waals surface area contributed by atoms with E-state index >= 15 is 0 Å². The van der Waals surface area contributed by atoms with Crippen LogP contribution in [0.1, 0.15) is 24.1 Å². The van der Waals surface area contributed by atoms with Crippen LogP contribution in [0.15, 0.2) is 47.3 Å². The van der Waals surface area contributed by atoms with Crippen molar-refractivity contribution in [1.82, 2.24) is 15.0 Å². The maximum absolute atomic E-state index is 12.3. The van der Waals surface area contributed by atoms with Crippen LogP contribution in [0, 0.1) is 5.92 Å². The van der Waals surface area contributed by atoms with Gasteiger partial charge in [-0.2, -0.15) is 11.8 Å². The predicted octanol–water partition coefficient (Wildman–Crippen LogP) is 2.96. The molecule has 0 spiro atoms. The molecule has 3 aromatic rings. The second-order valence-electron chi connectivity index (χ2n) is 7.17. The van der Waals surface area contributed by atoms with Gasteiger partial charge >= 0.3 is 0 Å². The minimum Gasteiger partial charge on any atom is -0.396 e. The zero-order chi connectivity index (χ0) is 19.3. The molecule has 1 fully saturated rings. The number of hydrogen-bond donors (Lipinski definition) is 2. The molecule has 0 saturated carbocycles. The van der Waals surface area contributed by atoms with Gasteiger partial charge in [-0.15, -0.1) is 0 Å². The van der Waals surface area contributed by atoms with Crippen molar-refractivity contribution in [2.75, 3.05) is 24.6 Å². The van der Waals surface area contributed by atoms with Crippen LogP contribution in [-0.2, 0) is 11.5 Å². The average molecular weight is 397 g/mol. The molecular formula is C21H24N4O2S. The van der Waals surface area contributed by atoms with Crippen LogP contribution in [-0.4, -0.2) is 39.8 Å². The summed E-state index contributed by atoms with van der Waals surface area (Å²) in [6.45, 7) is 1.94. The standard InChI is InChI=1S/C21H24N4O2S/c26-12-16-7-4-10-25(11-16)19-9-8-17-20(24-19)22-18(21(27)23-17)14-28-13-15-5-2-1-3-6-15/h1-3,5-6,8-9,16,26H,4,7,10-14H2,(H,23,27). The van der Waals surface area contributed by atoms with E-state index in [9.17, 15) is 9.90 Å². The average Bonchev–Trinajstić information content (AvgIpc) is 2.74. The number of fused-ring (bicyclic) bond motifs is 1. The Kier molecular flexibility index (Phi) is 5.92. The van der Waals surface area contributed by atoms with Crippen molar-refractivity contribution < 1.29 is 5.11 Å². The lowest BCUT2D eigenvalue weighted by Gasteiger charge is -2.32. The highest BCUT2D eigenvalue weighted by Crippen LogP contribution is 2.23. The largest absolute Gasteiger partial charge is 0.396 e. The van der Waals surface area contributed by atoms with Gasteiger partial charge in [0.1, 0.15) is 11.5 Å². The summed E-state index contributed by atoms with van der Waals surface area (Å²) >= 11 is 1.67. The number of piperidine rings is 1. The Labute approximate surface area is 168 Å². The van der Waals surface area contributed by atoms with E-state index in [0.29, 0.717) is 28.5 Å². The van der Waals surface area contributed by atoms with Crippen LogP contribution in [0.3, 0.4) is 0 Å². The van der Waals surface area contributed by atoms with Crippen LogP contribution < -0.4 is 10.5 Å². The number of aromatic nitrogens is 3. The molecule has 1 aliphatic heterocycles. The van der Waals surface area contributed by atoms with Gasteiger partial charge in [-0.05, 0) is 36.5 Å². The van der Waals surface area contributed by atoms with Gasteiger partial charge < -0.3 is 15.0 Å². The van der Waals surface area contributed by atoms with Crippen molar-refractivity contribution in [1.29, 1.82) is 0 Å². The highest BCUT2D eigenvalue weighted by molar-refractivity contribution is 7.97. The lowest BCUT2D eigenvalue weighted by molar-refractivity contribution is 0.208. The molecule has 1 saturated heterocycles. The topological polar surface area (TPSA) is 82.1 Å². The molecule has 146 valence electrons. The molecule has 1 unspecified atom stereocenters. The van der Waals surface area contributed by atoms with E-state index in [2.05, 4.69) is 32.0 Å². The maximum Gasteiger partial charge on any atom is 0.271 e. The third-order valence-corrected chi connectivity index (χ3v) is 6.08. The summed E-state index contributed by atoms with van der Waals surface area (Å²) in [6, 6.07) is 14.0. The van der Waals surface area contributed by atoms with Gasteiger partial charge in [0.25, 0.3) is 5.56 Å². The van der Waals surface area contributed by atoms with Gasteiger partial charge in [0.2, 0.25) is 0 Å². The first-order valence-corrected chi connectivity index (χ1v) is 10.8. The fourth-order valence-corrected chi connectivity index (χ4v) is 4.45. The molecule has 28 heavy (non-hydrogen) atoms. The van der Waals surface area contributed by atoms with Gasteiger partial charge in [0.15, 0.2) is 5.65 Å². The van der Waals surface area contributed by atoms with E-state index in [-0.39, 0.29) is 12.2 Å². The summed E-state index contributed by atoms with van der Waals surface area (Å²) in [4.78, 5) is 26.7. The molecule has 6 nitrogen and oxygen atoms in total. The second kappa shape index (κ2) is 8.75. The first-order chi connectivity index (χ1) is 13.7. The van der Waals surface area contributed by atoms with Crippen molar-refractivity contribution >= 4 is 28.7 Å². The van der Waals surface area contributed by atoms with Gasteiger partial charge in [0, 0.05) is 31.2 Å². The molecule has 0 radical (unpaired) electrons. The smallest absolute Gasteiger partial charge is 0.271 e. The van der Waals surface area contributed by atoms with Gasteiger partial charge in [-0.1, -0.05) is 30.3 Å². The molecule has 2 N–H and O–H groups in total. The predicted molar refractivity (Wildman–Crippen MR) is 114 cm³/mol. The molecule has 7 heteroatoms. The number of benzene rings is 1. The highest BCUT2D eigenvalue weighted by atomic mass is 32.2. The number of aliphatic hydroxyl groups excluding tert-OH is 1. The maximum atomic E-state index is 12.3. The summed E-state index contributed by atoms with van der Waals surface area (Å²) in [6.07, 6.45) is 2.10. The quantitative estimate of drug-likeness (QED) is 0.667. The molecule has 2 aromatic heterocycles. The lowest BCUT2D eigenvalue weighted by Crippen LogP contribution is -2.37. The van der Waals surface area contributed by atoms with Crippen molar-refractivity contribution in [3.8, 4) is 0 Å². The summed E-state index contributed by atoms with van der Waals surface area (Å²) in [5.74, 6) is 2.53. The van der Waals surface area contributed by atoms with Gasteiger partial charge in [0.05, 0.1) is 5.52 Å². The number of anilines is 1. The molecule has 4 rings (SSSR count). The van der Waals surface area contributed by atoms with Crippen LogP contribution in [0.25, 0.3) is 11.2 Å². The second-order valence-corrected chi connectivity index (χ2v) is 8.15. The van der Waals surface area contributed by atoms with E-state index < -0.39 is 0 Å². The molecule has 1 aromatic carbocycles. The van der Waals surface area contributed by atoms with Crippen molar-refractivity contribution in [3.63, 3.8) is 0 Å². The zero-order valence-corrected chi connectivity index (χ0v) is 16.5. The van der Waals surface area contributed by atoms with E-state index in [1.165, 1.54) is 5.56 Å². The van der Waals surface area contributed by atoms with Crippen LogP contribution in [0.2, 0.25) is 0 Å². The SMILES string of the molecule is O=c1[nH]c2ccc(N3CCCC(CO)C3)nc2nc1CSCc1ccccc1. The third kappa shape index (κ3) is 4.36. The summed E-state index contributed by atoms with van der Waals surface area (Å²) < 4.78 is 0. The van der Waals surface area contributed by atoms with E-state index in [4.69, 9.17) is 0 Å². The molecule has 0 amide bonds. The number of rotatable bonds is 6. The summed E-state index contributed by atoms with van der Waals surface area (Å²) in [5.41, 5.74) is 2.80. The Morgan fingerprint density at radius 3 is 2.82 bits per heavy atom. The van der Waals surface area contributed by atoms with Crippen LogP contribution in [0.4, 0.5) is 5.82 Å². The molecule has 1 aliphatic rings. The van der Waals surface area contributed by atoms with E-state index in [1.54, 1.807) is 11.8 Å². The molecular weight excluding hydrogens is 372 g/mol. The summed E-state index contributed by atoms with van der Waals surface area (Å²) in [5, 5.41) is 9.46. The van der Waals surface area contributed by atoms with Crippen LogP contribution in [0.5, 0.6) is 0 Å². The number of hydrogen-bond acceptors (Lipinski definition) is 6. The van der Waals surface area contributed by atoms with Gasteiger partial charge in [-0.3, -0.25) is 4.79 Å². The highest BCUT2D eigenvalue weighted by Gasteiger charge is 2.20. The first kappa shape index (κ1) is 19.0. The Morgan fingerprint density at radius 2 is 2.00 bits per heavy atom. The zero-order valence-electron chi connectivity index (χ0n) is 15.7. The van der Waals surface area contributed by atoms with Crippen LogP contribution >= 0.6 is 11.8 Å². The Morgan fingerprint density at radius 1 is 1.14 bits per heavy atom. The number of aromatic amines is 1. The number of nitrogens with one attached hydrogen (secondary N) is 1. The minimum absolute atomic E-state index is 0.152. The lowest BCUT2D eigenvalue weighted by atomic mass is 9.99. The fourth-order valence-electron chi connectivity index (χ4n) is 3.53. The molecule has 3 heterocycles. The Balaban J connectivity index is 1.51.